The predicted octanol–water partition coefficient (Wildman–Crippen LogP) is 3.57. The van der Waals surface area contributed by atoms with E-state index in [2.05, 4.69) is 67.6 Å². The van der Waals surface area contributed by atoms with E-state index in [1.165, 1.54) is 11.1 Å². The van der Waals surface area contributed by atoms with E-state index in [9.17, 15) is 5.11 Å². The Morgan fingerprint density at radius 2 is 1.45 bits per heavy atom. The van der Waals surface area contributed by atoms with Crippen molar-refractivity contribution in [2.24, 2.45) is 5.92 Å². The van der Waals surface area contributed by atoms with Gasteiger partial charge in [0, 0.05) is 0 Å². The maximum atomic E-state index is 10.5. The third kappa shape index (κ3) is 2.83. The summed E-state index contributed by atoms with van der Waals surface area (Å²) in [6.45, 7) is 2.20. The van der Waals surface area contributed by atoms with Crippen molar-refractivity contribution in [1.82, 2.24) is 0 Å². The van der Waals surface area contributed by atoms with E-state index in [4.69, 9.17) is 0 Å². The minimum absolute atomic E-state index is 0.193. The van der Waals surface area contributed by atoms with E-state index >= 15 is 0 Å². The van der Waals surface area contributed by atoms with Crippen molar-refractivity contribution in [1.29, 1.82) is 0 Å². The fraction of sp³-hybridized carbons (Fsp3) is 0.333. The van der Waals surface area contributed by atoms with Crippen molar-refractivity contribution >= 4 is 15.0 Å². The summed E-state index contributed by atoms with van der Waals surface area (Å²) in [6.07, 6.45) is 0.718. The van der Waals surface area contributed by atoms with E-state index in [0.29, 0.717) is 30.5 Å². The van der Waals surface area contributed by atoms with E-state index in [0.717, 1.165) is 6.42 Å². The minimum atomic E-state index is -0.193. The van der Waals surface area contributed by atoms with Gasteiger partial charge in [0.2, 0.25) is 0 Å². The molecule has 0 amide bonds. The van der Waals surface area contributed by atoms with Gasteiger partial charge in [-0.25, -0.2) is 0 Å². The average molecular weight is 331 g/mol. The van der Waals surface area contributed by atoms with Gasteiger partial charge in [-0.05, 0) is 0 Å². The SMILES string of the molecule is C[C@H]1[C@H](O)C[C@H](c2ccccc2)[Se][C@@H]1c1ccccc1. The van der Waals surface area contributed by atoms with Crippen LogP contribution in [0.4, 0.5) is 0 Å². The fourth-order valence-electron chi connectivity index (χ4n) is 2.90. The van der Waals surface area contributed by atoms with Crippen LogP contribution in [0.2, 0.25) is 0 Å². The Morgan fingerprint density at radius 1 is 0.900 bits per heavy atom. The fourth-order valence-corrected chi connectivity index (χ4v) is 6.51. The molecule has 0 aromatic heterocycles. The normalized spacial score (nSPS) is 30.1. The van der Waals surface area contributed by atoms with Gasteiger partial charge in [0.25, 0.3) is 0 Å². The van der Waals surface area contributed by atoms with Crippen molar-refractivity contribution in [3.05, 3.63) is 71.8 Å². The first kappa shape index (κ1) is 13.9. The van der Waals surface area contributed by atoms with Crippen molar-refractivity contribution in [3.8, 4) is 0 Å². The van der Waals surface area contributed by atoms with Gasteiger partial charge in [-0.2, -0.15) is 0 Å². The van der Waals surface area contributed by atoms with E-state index < -0.39 is 0 Å². The Hall–Kier alpha value is -1.08. The van der Waals surface area contributed by atoms with E-state index in [-0.39, 0.29) is 6.10 Å². The topological polar surface area (TPSA) is 20.2 Å². The molecule has 1 saturated heterocycles. The summed E-state index contributed by atoms with van der Waals surface area (Å²) in [7, 11) is 0. The van der Waals surface area contributed by atoms with Gasteiger partial charge in [0.15, 0.2) is 0 Å². The summed E-state index contributed by atoms with van der Waals surface area (Å²) in [5.41, 5.74) is 2.78. The molecule has 1 fully saturated rings. The molecule has 1 N–H and O–H groups in total. The molecule has 0 spiro atoms. The second kappa shape index (κ2) is 6.13. The van der Waals surface area contributed by atoms with Gasteiger partial charge in [-0.1, -0.05) is 0 Å². The Balaban J connectivity index is 1.87. The number of aliphatic hydroxyl groups is 1. The Labute approximate surface area is 127 Å². The number of benzene rings is 2. The molecule has 1 nitrogen and oxygen atoms in total. The molecule has 2 aromatic rings. The molecule has 0 saturated carbocycles. The molecule has 20 heavy (non-hydrogen) atoms. The molecule has 1 aliphatic heterocycles. The van der Waals surface area contributed by atoms with Crippen LogP contribution in [-0.2, 0) is 0 Å². The van der Waals surface area contributed by atoms with Crippen LogP contribution in [0, 0.1) is 5.92 Å². The van der Waals surface area contributed by atoms with Gasteiger partial charge < -0.3 is 0 Å². The molecule has 104 valence electrons. The Kier molecular flexibility index (Phi) is 4.26. The second-order valence-corrected chi connectivity index (χ2v) is 8.36. The van der Waals surface area contributed by atoms with E-state index in [1.54, 1.807) is 0 Å². The van der Waals surface area contributed by atoms with Crippen LogP contribution in [0.25, 0.3) is 0 Å². The van der Waals surface area contributed by atoms with Gasteiger partial charge in [-0.3, -0.25) is 0 Å². The standard InChI is InChI=1S/C18H20OSe/c1-13-16(19)12-17(14-8-4-2-5-9-14)20-18(13)15-10-6-3-7-11-15/h2-11,13,16-19H,12H2,1H3/t13-,16+,17+,18-/m0/s1. The monoisotopic (exact) mass is 332 g/mol. The van der Waals surface area contributed by atoms with E-state index in [1.807, 2.05) is 0 Å². The zero-order chi connectivity index (χ0) is 13.9. The second-order valence-electron chi connectivity index (χ2n) is 5.53. The van der Waals surface area contributed by atoms with Gasteiger partial charge in [0.1, 0.15) is 0 Å². The van der Waals surface area contributed by atoms with Crippen molar-refractivity contribution in [2.45, 2.75) is 29.1 Å². The number of hydrogen-bond acceptors (Lipinski definition) is 1. The molecule has 2 heteroatoms. The quantitative estimate of drug-likeness (QED) is 0.834. The number of aliphatic hydroxyl groups excluding tert-OH is 1. The molecule has 1 heterocycles. The summed E-state index contributed by atoms with van der Waals surface area (Å²) in [5.74, 6) is 0.359. The molecule has 3 rings (SSSR count). The molecule has 0 radical (unpaired) electrons. The van der Waals surface area contributed by atoms with Crippen LogP contribution in [0.5, 0.6) is 0 Å². The number of hydrogen-bond donors (Lipinski definition) is 1. The van der Waals surface area contributed by atoms with Gasteiger partial charge in [-0.15, -0.1) is 0 Å². The number of rotatable bonds is 2. The molecule has 0 unspecified atom stereocenters. The molecular formula is C18H20OSe. The first-order valence-electron chi connectivity index (χ1n) is 7.19. The van der Waals surface area contributed by atoms with Crippen LogP contribution in [0.1, 0.15) is 34.1 Å². The van der Waals surface area contributed by atoms with Crippen molar-refractivity contribution in [3.63, 3.8) is 0 Å². The molecule has 0 aliphatic carbocycles. The molecule has 2 aromatic carbocycles. The summed E-state index contributed by atoms with van der Waals surface area (Å²) in [4.78, 5) is 1.04. The van der Waals surface area contributed by atoms with Crippen LogP contribution in [-0.4, -0.2) is 26.2 Å². The predicted molar refractivity (Wildman–Crippen MR) is 83.9 cm³/mol. The van der Waals surface area contributed by atoms with Gasteiger partial charge in [0.05, 0.1) is 0 Å². The molecule has 0 bridgehead atoms. The van der Waals surface area contributed by atoms with Crippen molar-refractivity contribution in [2.75, 3.05) is 0 Å². The van der Waals surface area contributed by atoms with Gasteiger partial charge >= 0.3 is 127 Å². The summed E-state index contributed by atoms with van der Waals surface area (Å²) in [6, 6.07) is 21.4. The zero-order valence-electron chi connectivity index (χ0n) is 11.6. The Morgan fingerprint density at radius 3 is 2.05 bits per heavy atom. The third-order valence-electron chi connectivity index (χ3n) is 4.15. The first-order chi connectivity index (χ1) is 9.75. The van der Waals surface area contributed by atoms with Crippen LogP contribution >= 0.6 is 0 Å². The van der Waals surface area contributed by atoms with Crippen LogP contribution < -0.4 is 0 Å². The molecule has 1 aliphatic rings. The first-order valence-corrected chi connectivity index (χ1v) is 9.17. The molecular weight excluding hydrogens is 311 g/mol. The Bertz CT molecular complexity index is 540. The van der Waals surface area contributed by atoms with Crippen LogP contribution in [0.15, 0.2) is 60.7 Å². The molecule has 4 atom stereocenters. The van der Waals surface area contributed by atoms with Crippen LogP contribution in [0.3, 0.4) is 0 Å². The average Bonchev–Trinajstić information content (AvgIpc) is 2.51. The summed E-state index contributed by atoms with van der Waals surface area (Å²) < 4.78 is 0. The summed E-state index contributed by atoms with van der Waals surface area (Å²) in [5, 5.41) is 10.5. The maximum absolute atomic E-state index is 10.5. The summed E-state index contributed by atoms with van der Waals surface area (Å²) >= 11 is 0.487. The zero-order valence-corrected chi connectivity index (χ0v) is 13.4. The van der Waals surface area contributed by atoms with Crippen molar-refractivity contribution < 1.29 is 5.11 Å². The third-order valence-corrected chi connectivity index (χ3v) is 7.90.